The van der Waals surface area contributed by atoms with Crippen molar-refractivity contribution in [3.63, 3.8) is 0 Å². The van der Waals surface area contributed by atoms with Crippen LogP contribution in [0.15, 0.2) is 35.2 Å². The maximum atomic E-state index is 12.8. The summed E-state index contributed by atoms with van der Waals surface area (Å²) in [7, 11) is -3.85. The summed E-state index contributed by atoms with van der Waals surface area (Å²) in [5, 5.41) is 6.56. The lowest BCUT2D eigenvalue weighted by Gasteiger charge is -2.34. The highest BCUT2D eigenvalue weighted by Gasteiger charge is 2.32. The first-order valence-corrected chi connectivity index (χ1v) is 10.3. The number of amides is 1. The van der Waals surface area contributed by atoms with Crippen LogP contribution in [0.4, 0.5) is 0 Å². The van der Waals surface area contributed by atoms with Crippen LogP contribution in [0.25, 0.3) is 0 Å². The van der Waals surface area contributed by atoms with Gasteiger partial charge in [0.25, 0.3) is 0 Å². The van der Waals surface area contributed by atoms with Crippen LogP contribution in [0.1, 0.15) is 30.0 Å². The lowest BCUT2D eigenvalue weighted by Crippen LogP contribution is -2.51. The highest BCUT2D eigenvalue weighted by Crippen LogP contribution is 2.23. The van der Waals surface area contributed by atoms with Gasteiger partial charge in [0.15, 0.2) is 0 Å². The van der Waals surface area contributed by atoms with Crippen molar-refractivity contribution < 1.29 is 17.9 Å². The lowest BCUT2D eigenvalue weighted by molar-refractivity contribution is -0.140. The average Bonchev–Trinajstić information content (AvgIpc) is 3.00. The summed E-state index contributed by atoms with van der Waals surface area (Å²) in [6.45, 7) is 6.02. The Balaban J connectivity index is 1.70. The number of aromatic nitrogens is 2. The van der Waals surface area contributed by atoms with Crippen molar-refractivity contribution in [3.05, 3.63) is 47.3 Å². The van der Waals surface area contributed by atoms with Crippen molar-refractivity contribution in [2.24, 2.45) is 0 Å². The maximum Gasteiger partial charge on any atom is 0.244 e. The largest absolute Gasteiger partial charge is 0.370 e. The first-order valence-electron chi connectivity index (χ1n) is 8.79. The minimum atomic E-state index is -3.85. The van der Waals surface area contributed by atoms with Crippen molar-refractivity contribution in [3.8, 4) is 0 Å². The number of carbonyl (C=O) groups excluding carboxylic acids is 1. The molecule has 8 nitrogen and oxygen atoms in total. The van der Waals surface area contributed by atoms with E-state index in [1.807, 2.05) is 30.3 Å². The molecule has 2 N–H and O–H groups in total. The Morgan fingerprint density at radius 1 is 1.33 bits per heavy atom. The highest BCUT2D eigenvalue weighted by atomic mass is 32.2. The van der Waals surface area contributed by atoms with Crippen LogP contribution in [0.3, 0.4) is 0 Å². The molecule has 1 aromatic heterocycles. The molecule has 1 aliphatic rings. The summed E-state index contributed by atoms with van der Waals surface area (Å²) in [5.74, 6) is -0.276. The van der Waals surface area contributed by atoms with E-state index in [1.165, 1.54) is 0 Å². The fourth-order valence-electron chi connectivity index (χ4n) is 3.27. The highest BCUT2D eigenvalue weighted by molar-refractivity contribution is 7.89. The molecule has 1 saturated heterocycles. The molecule has 0 bridgehead atoms. The number of sulfonamides is 1. The zero-order valence-electron chi connectivity index (χ0n) is 15.6. The minimum Gasteiger partial charge on any atom is -0.370 e. The minimum absolute atomic E-state index is 0.0892. The van der Waals surface area contributed by atoms with Crippen molar-refractivity contribution in [2.75, 3.05) is 19.7 Å². The average molecular weight is 392 g/mol. The second-order valence-electron chi connectivity index (χ2n) is 6.66. The molecule has 27 heavy (non-hydrogen) atoms. The molecule has 1 fully saturated rings. The Kier molecular flexibility index (Phi) is 5.64. The molecule has 0 spiro atoms. The Labute approximate surface area is 159 Å². The summed E-state index contributed by atoms with van der Waals surface area (Å²) in [4.78, 5) is 14.5. The van der Waals surface area contributed by atoms with Crippen LogP contribution < -0.4 is 4.72 Å². The fraction of sp³-hybridized carbons (Fsp3) is 0.444. The first-order chi connectivity index (χ1) is 12.8. The van der Waals surface area contributed by atoms with Gasteiger partial charge in [-0.05, 0) is 26.3 Å². The zero-order valence-corrected chi connectivity index (χ0v) is 16.4. The fourth-order valence-corrected chi connectivity index (χ4v) is 4.84. The molecular formula is C18H24N4O4S. The van der Waals surface area contributed by atoms with Crippen molar-refractivity contribution >= 4 is 15.9 Å². The van der Waals surface area contributed by atoms with E-state index >= 15 is 0 Å². The van der Waals surface area contributed by atoms with Crippen LogP contribution in [-0.2, 0) is 19.6 Å². The van der Waals surface area contributed by atoms with E-state index in [1.54, 1.807) is 25.7 Å². The number of morpholine rings is 1. The summed E-state index contributed by atoms with van der Waals surface area (Å²) < 4.78 is 33.5. The molecule has 2 atom stereocenters. The molecule has 146 valence electrons. The summed E-state index contributed by atoms with van der Waals surface area (Å²) in [6, 6.07) is 8.78. The number of H-pyrrole nitrogens is 1. The summed E-state index contributed by atoms with van der Waals surface area (Å²) in [6.07, 6.45) is -0.217. The zero-order chi connectivity index (χ0) is 19.6. The molecular weight excluding hydrogens is 368 g/mol. The third-order valence-electron chi connectivity index (χ3n) is 4.58. The second-order valence-corrected chi connectivity index (χ2v) is 8.31. The Morgan fingerprint density at radius 2 is 2.04 bits per heavy atom. The molecule has 3 rings (SSSR count). The van der Waals surface area contributed by atoms with Gasteiger partial charge in [0.2, 0.25) is 15.9 Å². The molecule has 0 radical (unpaired) electrons. The van der Waals surface area contributed by atoms with E-state index in [2.05, 4.69) is 14.9 Å². The van der Waals surface area contributed by atoms with Gasteiger partial charge in [-0.2, -0.15) is 9.82 Å². The Hall–Kier alpha value is -2.23. The van der Waals surface area contributed by atoms with Crippen molar-refractivity contribution in [1.82, 2.24) is 19.8 Å². The van der Waals surface area contributed by atoms with Gasteiger partial charge in [0.05, 0.1) is 30.6 Å². The van der Waals surface area contributed by atoms with E-state index in [9.17, 15) is 13.2 Å². The SMILES string of the molecule is Cc1n[nH]c(C)c1S(=O)(=O)N[C@@H](C)C(=O)N1CCOC(c2ccccc2)C1. The van der Waals surface area contributed by atoms with E-state index in [-0.39, 0.29) is 16.9 Å². The normalized spacial score (nSPS) is 19.1. The van der Waals surface area contributed by atoms with Gasteiger partial charge in [-0.25, -0.2) is 8.42 Å². The third-order valence-corrected chi connectivity index (χ3v) is 6.38. The quantitative estimate of drug-likeness (QED) is 0.798. The Morgan fingerprint density at radius 3 is 2.67 bits per heavy atom. The number of nitrogens with one attached hydrogen (secondary N) is 2. The van der Waals surface area contributed by atoms with Crippen LogP contribution in [0.2, 0.25) is 0 Å². The van der Waals surface area contributed by atoms with Crippen LogP contribution in [0, 0.1) is 13.8 Å². The smallest absolute Gasteiger partial charge is 0.244 e. The van der Waals surface area contributed by atoms with Gasteiger partial charge in [-0.15, -0.1) is 0 Å². The number of benzene rings is 1. The van der Waals surface area contributed by atoms with Gasteiger partial charge in [0, 0.05) is 6.54 Å². The van der Waals surface area contributed by atoms with Crippen LogP contribution in [0.5, 0.6) is 0 Å². The third kappa shape index (κ3) is 4.20. The van der Waals surface area contributed by atoms with Crippen molar-refractivity contribution in [1.29, 1.82) is 0 Å². The number of hydrogen-bond acceptors (Lipinski definition) is 5. The molecule has 0 aliphatic carbocycles. The first kappa shape index (κ1) is 19.5. The van der Waals surface area contributed by atoms with E-state index in [4.69, 9.17) is 4.74 Å². The molecule has 2 heterocycles. The monoisotopic (exact) mass is 392 g/mol. The Bertz CT molecular complexity index is 891. The number of rotatable bonds is 5. The standard InChI is InChI=1S/C18H24N4O4S/c1-12-17(13(2)20-19-12)27(24,25)21-14(3)18(23)22-9-10-26-16(11-22)15-7-5-4-6-8-15/h4-8,14,16,21H,9-11H2,1-3H3,(H,19,20)/t14-,16?/m0/s1. The number of aryl methyl sites for hydroxylation is 2. The van der Waals surface area contributed by atoms with Gasteiger partial charge in [-0.3, -0.25) is 9.89 Å². The lowest BCUT2D eigenvalue weighted by atomic mass is 10.1. The second kappa shape index (κ2) is 7.79. The van der Waals surface area contributed by atoms with Crippen LogP contribution in [-0.4, -0.2) is 55.2 Å². The molecule has 9 heteroatoms. The number of carbonyl (C=O) groups is 1. The van der Waals surface area contributed by atoms with Crippen molar-refractivity contribution in [2.45, 2.75) is 37.8 Å². The number of ether oxygens (including phenoxy) is 1. The van der Waals surface area contributed by atoms with E-state index < -0.39 is 16.1 Å². The van der Waals surface area contributed by atoms with Gasteiger partial charge >= 0.3 is 0 Å². The number of aromatic amines is 1. The van der Waals surface area contributed by atoms with E-state index in [0.717, 1.165) is 5.56 Å². The molecule has 1 aliphatic heterocycles. The molecule has 1 aromatic carbocycles. The van der Waals surface area contributed by atoms with Gasteiger partial charge < -0.3 is 9.64 Å². The van der Waals surface area contributed by atoms with Gasteiger partial charge in [-0.1, -0.05) is 30.3 Å². The maximum absolute atomic E-state index is 12.8. The summed E-state index contributed by atoms with van der Waals surface area (Å²) >= 11 is 0. The van der Waals surface area contributed by atoms with Crippen LogP contribution >= 0.6 is 0 Å². The molecule has 1 unspecified atom stereocenters. The summed E-state index contributed by atoms with van der Waals surface area (Å²) in [5.41, 5.74) is 1.80. The molecule has 0 saturated carbocycles. The number of nitrogens with zero attached hydrogens (tertiary/aromatic N) is 2. The predicted octanol–water partition coefficient (Wildman–Crippen LogP) is 1.29. The van der Waals surface area contributed by atoms with Gasteiger partial charge in [0.1, 0.15) is 11.0 Å². The molecule has 1 amide bonds. The van der Waals surface area contributed by atoms with E-state index in [0.29, 0.717) is 31.1 Å². The number of hydrogen-bond donors (Lipinski definition) is 2. The predicted molar refractivity (Wildman–Crippen MR) is 99.6 cm³/mol. The molecule has 2 aromatic rings. The topological polar surface area (TPSA) is 104 Å².